The van der Waals surface area contributed by atoms with Gasteiger partial charge in [0.15, 0.2) is 28.5 Å². The Morgan fingerprint density at radius 2 is 1.62 bits per heavy atom. The average Bonchev–Trinajstić information content (AvgIpc) is 3.33. The van der Waals surface area contributed by atoms with Crippen LogP contribution in [0.1, 0.15) is 60.3 Å². The fourth-order valence-electron chi connectivity index (χ4n) is 4.69. The minimum Gasteiger partial charge on any atom is -0.414 e. The summed E-state index contributed by atoms with van der Waals surface area (Å²) in [7, 11) is -8.53. The molecule has 2 aliphatic heterocycles. The first-order valence-electron chi connectivity index (χ1n) is 15.3. The third kappa shape index (κ3) is 7.50. The molecule has 4 unspecified atom stereocenters. The summed E-state index contributed by atoms with van der Waals surface area (Å²) in [4.78, 5) is 51.8. The monoisotopic (exact) mass is 714 g/mol. The number of nitrogens with zero attached hydrogens (tertiary/aromatic N) is 2. The van der Waals surface area contributed by atoms with Gasteiger partial charge in [0.2, 0.25) is 0 Å². The number of hydrogen-bond acceptors (Lipinski definition) is 10. The molecule has 0 bridgehead atoms. The maximum atomic E-state index is 13.6. The fourth-order valence-corrected chi connectivity index (χ4v) is 8.23. The molecule has 2 aliphatic rings. The SMILES string of the molecule is C=C(C)C(=O)NC(=O)NC1=CS(=O)(=O)OC12C(CO[Si](C)(C)C(C)(C)C)OC(n1cc(C)c(=O)n(C)c1=O)C2O[Si](C)(C)C(C)(C)C. The molecule has 3 amide bonds. The van der Waals surface area contributed by atoms with Crippen molar-refractivity contribution in [1.29, 1.82) is 0 Å². The van der Waals surface area contributed by atoms with Gasteiger partial charge in [0, 0.05) is 24.4 Å². The fraction of sp³-hybridized carbons (Fsp3) is 0.667. The normalized spacial score (nSPS) is 24.7. The van der Waals surface area contributed by atoms with Gasteiger partial charge in [-0.1, -0.05) is 48.1 Å². The molecule has 17 heteroatoms. The first kappa shape index (κ1) is 38.8. The van der Waals surface area contributed by atoms with Crippen LogP contribution in [-0.2, 0) is 39.7 Å². The number of rotatable bonds is 8. The van der Waals surface area contributed by atoms with Crippen molar-refractivity contribution >= 4 is 38.7 Å². The Morgan fingerprint density at radius 3 is 2.13 bits per heavy atom. The molecular weight excluding hydrogens is 665 g/mol. The molecule has 1 saturated heterocycles. The minimum atomic E-state index is -4.49. The molecule has 3 heterocycles. The van der Waals surface area contributed by atoms with Gasteiger partial charge in [-0.05, 0) is 50.1 Å². The van der Waals surface area contributed by atoms with Crippen molar-refractivity contribution < 1.29 is 35.8 Å². The molecule has 0 aromatic carbocycles. The maximum absolute atomic E-state index is 13.6. The summed E-state index contributed by atoms with van der Waals surface area (Å²) in [5, 5.41) is 4.70. The molecule has 4 atom stereocenters. The second kappa shape index (κ2) is 12.7. The summed E-state index contributed by atoms with van der Waals surface area (Å²) in [5.41, 5.74) is -3.34. The van der Waals surface area contributed by atoms with Gasteiger partial charge in [-0.2, -0.15) is 8.42 Å². The number of imide groups is 1. The lowest BCUT2D eigenvalue weighted by atomic mass is 9.89. The van der Waals surface area contributed by atoms with Crippen molar-refractivity contribution in [3.05, 3.63) is 55.9 Å². The summed E-state index contributed by atoms with van der Waals surface area (Å²) in [6, 6.07) is -1.04. The molecule has 1 spiro atoms. The summed E-state index contributed by atoms with van der Waals surface area (Å²) >= 11 is 0. The van der Waals surface area contributed by atoms with E-state index >= 15 is 0 Å². The van der Waals surface area contributed by atoms with Crippen molar-refractivity contribution in [2.45, 2.75) is 116 Å². The molecule has 47 heavy (non-hydrogen) atoms. The van der Waals surface area contributed by atoms with E-state index < -0.39 is 79.0 Å². The molecule has 14 nitrogen and oxygen atoms in total. The highest BCUT2D eigenvalue weighted by Gasteiger charge is 2.68. The van der Waals surface area contributed by atoms with E-state index in [-0.39, 0.29) is 28.5 Å². The van der Waals surface area contributed by atoms with Gasteiger partial charge in [0.1, 0.15) is 12.2 Å². The molecule has 3 rings (SSSR count). The Balaban J connectivity index is 2.36. The Kier molecular flexibility index (Phi) is 10.4. The Bertz CT molecular complexity index is 1720. The highest BCUT2D eigenvalue weighted by Crippen LogP contribution is 2.52. The molecule has 0 radical (unpaired) electrons. The molecule has 1 aromatic heterocycles. The van der Waals surface area contributed by atoms with Crippen LogP contribution in [-0.4, -0.2) is 70.5 Å². The van der Waals surface area contributed by atoms with Gasteiger partial charge in [-0.3, -0.25) is 24.0 Å². The number of hydrogen-bond donors (Lipinski definition) is 2. The predicted molar refractivity (Wildman–Crippen MR) is 182 cm³/mol. The quantitative estimate of drug-likeness (QED) is 0.231. The lowest BCUT2D eigenvalue weighted by molar-refractivity contribution is -0.116. The third-order valence-electron chi connectivity index (χ3n) is 9.65. The van der Waals surface area contributed by atoms with Crippen LogP contribution in [0.3, 0.4) is 0 Å². The number of ether oxygens (including phenoxy) is 1. The van der Waals surface area contributed by atoms with Crippen molar-refractivity contribution in [1.82, 2.24) is 19.8 Å². The third-order valence-corrected chi connectivity index (χ3v) is 19.6. The van der Waals surface area contributed by atoms with Crippen molar-refractivity contribution in [3.63, 3.8) is 0 Å². The molecule has 0 saturated carbocycles. The Labute approximate surface area is 278 Å². The zero-order valence-corrected chi connectivity index (χ0v) is 32.5. The van der Waals surface area contributed by atoms with Gasteiger partial charge < -0.3 is 18.9 Å². The predicted octanol–water partition coefficient (Wildman–Crippen LogP) is 3.51. The van der Waals surface area contributed by atoms with Crippen molar-refractivity contribution in [3.8, 4) is 0 Å². The van der Waals surface area contributed by atoms with E-state index in [1.807, 2.05) is 67.7 Å². The van der Waals surface area contributed by atoms with Gasteiger partial charge >= 0.3 is 11.7 Å². The molecule has 0 aliphatic carbocycles. The molecule has 1 aromatic rings. The first-order valence-corrected chi connectivity index (χ1v) is 22.6. The summed E-state index contributed by atoms with van der Waals surface area (Å²) in [6.07, 6.45) is -2.64. The zero-order valence-electron chi connectivity index (χ0n) is 29.7. The number of carbonyl (C=O) groups is 2. The van der Waals surface area contributed by atoms with Crippen LogP contribution < -0.4 is 21.9 Å². The van der Waals surface area contributed by atoms with Crippen LogP contribution in [0.4, 0.5) is 4.79 Å². The van der Waals surface area contributed by atoms with Crippen LogP contribution in [0.2, 0.25) is 36.3 Å². The standard InChI is InChI=1S/C30H50N4O10SSi2/c1-18(2)23(35)32-26(37)31-20-17-45(39,40)44-30(20)21(16-41-46(11,12)28(4,5)6)42-25(22(30)43-47(13,14)29(7,8)9)34-15-19(3)24(36)33(10)27(34)38/h15,17,21-22,25H,1,16H2,2-14H3,(H2,31,32,35,37). The van der Waals surface area contributed by atoms with Gasteiger partial charge in [0.25, 0.3) is 21.6 Å². The summed E-state index contributed by atoms with van der Waals surface area (Å²) < 4.78 is 54.9. The van der Waals surface area contributed by atoms with E-state index in [0.29, 0.717) is 0 Å². The lowest BCUT2D eigenvalue weighted by Crippen LogP contribution is -2.60. The van der Waals surface area contributed by atoms with Gasteiger partial charge in [0.05, 0.1) is 17.7 Å². The number of nitrogens with one attached hydrogen (secondary N) is 2. The Hall–Kier alpha value is -2.68. The number of urea groups is 1. The minimum absolute atomic E-state index is 0.0487. The Morgan fingerprint density at radius 1 is 1.06 bits per heavy atom. The molecular formula is C30H50N4O10SSi2. The van der Waals surface area contributed by atoms with Gasteiger partial charge in [-0.15, -0.1) is 0 Å². The number of aryl methyl sites for hydroxylation is 1. The smallest absolute Gasteiger partial charge is 0.332 e. The van der Waals surface area contributed by atoms with E-state index in [1.54, 1.807) is 0 Å². The number of carbonyl (C=O) groups excluding carboxylic acids is 2. The van der Waals surface area contributed by atoms with Crippen LogP contribution in [0.15, 0.2) is 39.0 Å². The summed E-state index contributed by atoms with van der Waals surface area (Å²) in [6.45, 7) is 26.2. The largest absolute Gasteiger partial charge is 0.414 e. The van der Waals surface area contributed by atoms with Gasteiger partial charge in [-0.25, -0.2) is 13.8 Å². The highest BCUT2D eigenvalue weighted by atomic mass is 32.2. The van der Waals surface area contributed by atoms with Crippen LogP contribution in [0.5, 0.6) is 0 Å². The van der Waals surface area contributed by atoms with Crippen molar-refractivity contribution in [2.75, 3.05) is 6.61 Å². The molecule has 264 valence electrons. The lowest BCUT2D eigenvalue weighted by Gasteiger charge is -2.44. The molecule has 1 fully saturated rings. The second-order valence-electron chi connectivity index (χ2n) is 15.3. The topological polar surface area (TPSA) is 173 Å². The van der Waals surface area contributed by atoms with Crippen LogP contribution in [0, 0.1) is 6.92 Å². The van der Waals surface area contributed by atoms with E-state index in [1.165, 1.54) is 31.7 Å². The summed E-state index contributed by atoms with van der Waals surface area (Å²) in [5.74, 6) is -0.779. The van der Waals surface area contributed by atoms with Crippen molar-refractivity contribution in [2.24, 2.45) is 7.05 Å². The molecule has 2 N–H and O–H groups in total. The van der Waals surface area contributed by atoms with E-state index in [0.717, 1.165) is 9.98 Å². The van der Waals surface area contributed by atoms with Crippen LogP contribution in [0.25, 0.3) is 0 Å². The number of amides is 3. The van der Waals surface area contributed by atoms with Crippen LogP contribution >= 0.6 is 0 Å². The second-order valence-corrected chi connectivity index (χ2v) is 26.3. The highest BCUT2D eigenvalue weighted by molar-refractivity contribution is 7.90. The van der Waals surface area contributed by atoms with E-state index in [4.69, 9.17) is 17.8 Å². The van der Waals surface area contributed by atoms with E-state index in [2.05, 4.69) is 17.2 Å². The maximum Gasteiger partial charge on any atom is 0.332 e. The first-order chi connectivity index (χ1) is 21.1. The zero-order chi connectivity index (χ0) is 36.3. The number of aromatic nitrogens is 2. The van der Waals surface area contributed by atoms with E-state index in [9.17, 15) is 27.6 Å². The average molecular weight is 715 g/mol.